The highest BCUT2D eigenvalue weighted by atomic mass is 15.2. The van der Waals surface area contributed by atoms with Crippen LogP contribution in [0.1, 0.15) is 6.92 Å². The van der Waals surface area contributed by atoms with Crippen molar-refractivity contribution in [3.63, 3.8) is 0 Å². The van der Waals surface area contributed by atoms with Crippen LogP contribution in [0, 0.1) is 0 Å². The number of nitrogens with zero attached hydrogens (tertiary/aromatic N) is 4. The lowest BCUT2D eigenvalue weighted by molar-refractivity contribution is -0.750. The average molecular weight is 187 g/mol. The Morgan fingerprint density at radius 3 is 2.57 bits per heavy atom. The van der Waals surface area contributed by atoms with Gasteiger partial charge in [0.2, 0.25) is 0 Å². The average Bonchev–Trinajstić information content (AvgIpc) is 2.30. The van der Waals surface area contributed by atoms with Crippen molar-refractivity contribution >= 4 is 0 Å². The van der Waals surface area contributed by atoms with Gasteiger partial charge in [0.05, 0.1) is 12.4 Å². The summed E-state index contributed by atoms with van der Waals surface area (Å²) in [5.74, 6) is 0. The summed E-state index contributed by atoms with van der Waals surface area (Å²) < 4.78 is 1.87. The molecule has 2 rings (SSSR count). The summed E-state index contributed by atoms with van der Waals surface area (Å²) in [5, 5.41) is 11.8. The molecule has 0 aromatic carbocycles. The van der Waals surface area contributed by atoms with Crippen LogP contribution >= 0.6 is 0 Å². The number of aromatic nitrogens is 4. The van der Waals surface area contributed by atoms with Gasteiger partial charge in [-0.05, 0) is 18.1 Å². The van der Waals surface area contributed by atoms with Crippen LogP contribution in [0.25, 0.3) is 11.1 Å². The Hall–Kier alpha value is -1.84. The first-order valence-corrected chi connectivity index (χ1v) is 4.53. The number of aryl methyl sites for hydroxylation is 1. The third-order valence-electron chi connectivity index (χ3n) is 2.01. The van der Waals surface area contributed by atoms with E-state index in [9.17, 15) is 0 Å². The van der Waals surface area contributed by atoms with Crippen molar-refractivity contribution in [1.82, 2.24) is 15.3 Å². The van der Waals surface area contributed by atoms with E-state index in [0.29, 0.717) is 0 Å². The third-order valence-corrected chi connectivity index (χ3v) is 2.01. The Labute approximate surface area is 82.2 Å². The van der Waals surface area contributed by atoms with Crippen LogP contribution in [0.5, 0.6) is 0 Å². The van der Waals surface area contributed by atoms with E-state index in [-0.39, 0.29) is 0 Å². The van der Waals surface area contributed by atoms with Crippen molar-refractivity contribution in [2.75, 3.05) is 0 Å². The van der Waals surface area contributed by atoms with Gasteiger partial charge in [0.25, 0.3) is 0 Å². The van der Waals surface area contributed by atoms with Gasteiger partial charge in [-0.3, -0.25) is 0 Å². The fourth-order valence-electron chi connectivity index (χ4n) is 1.20. The molecule has 4 nitrogen and oxygen atoms in total. The van der Waals surface area contributed by atoms with E-state index in [0.717, 1.165) is 17.7 Å². The second kappa shape index (κ2) is 3.91. The minimum absolute atomic E-state index is 0.884. The fourth-order valence-corrected chi connectivity index (χ4v) is 1.20. The maximum absolute atomic E-state index is 4.24. The predicted molar refractivity (Wildman–Crippen MR) is 51.1 cm³/mol. The molecule has 2 aromatic rings. The highest BCUT2D eigenvalue weighted by Crippen LogP contribution is 2.13. The Morgan fingerprint density at radius 1 is 1.14 bits per heavy atom. The summed E-state index contributed by atoms with van der Waals surface area (Å²) in [6, 6.07) is 3.94. The Balaban J connectivity index is 2.34. The van der Waals surface area contributed by atoms with Gasteiger partial charge < -0.3 is 0 Å². The third kappa shape index (κ3) is 1.74. The van der Waals surface area contributed by atoms with E-state index in [2.05, 4.69) is 22.2 Å². The predicted octanol–water partition coefficient (Wildman–Crippen LogP) is 0.846. The summed E-state index contributed by atoms with van der Waals surface area (Å²) in [6.07, 6.45) is 7.19. The minimum Gasteiger partial charge on any atom is -0.159 e. The largest absolute Gasteiger partial charge is 0.196 e. The molecule has 0 saturated carbocycles. The molecule has 70 valence electrons. The zero-order valence-corrected chi connectivity index (χ0v) is 7.96. The molecule has 0 bridgehead atoms. The van der Waals surface area contributed by atoms with Crippen molar-refractivity contribution in [2.45, 2.75) is 13.5 Å². The van der Waals surface area contributed by atoms with E-state index in [1.165, 1.54) is 0 Å². The van der Waals surface area contributed by atoms with Gasteiger partial charge in [-0.2, -0.15) is 10.2 Å². The monoisotopic (exact) mass is 187 g/mol. The van der Waals surface area contributed by atoms with Gasteiger partial charge in [-0.1, -0.05) is 4.68 Å². The summed E-state index contributed by atoms with van der Waals surface area (Å²) in [6.45, 7) is 2.94. The lowest BCUT2D eigenvalue weighted by Crippen LogP contribution is -2.35. The maximum atomic E-state index is 4.24. The molecule has 0 aliphatic carbocycles. The van der Waals surface area contributed by atoms with Crippen LogP contribution in [-0.4, -0.2) is 15.3 Å². The second-order valence-corrected chi connectivity index (χ2v) is 2.90. The SMILES string of the molecule is CC[n+]1ccc(-c2ccnnc2)cn1. The number of hydrogen-bond acceptors (Lipinski definition) is 3. The van der Waals surface area contributed by atoms with Gasteiger partial charge in [0.1, 0.15) is 6.20 Å². The van der Waals surface area contributed by atoms with Crippen LogP contribution in [0.4, 0.5) is 0 Å². The van der Waals surface area contributed by atoms with Crippen LogP contribution in [0.2, 0.25) is 0 Å². The summed E-state index contributed by atoms with van der Waals surface area (Å²) in [7, 11) is 0. The molecule has 0 radical (unpaired) electrons. The first-order valence-electron chi connectivity index (χ1n) is 4.53. The zero-order valence-electron chi connectivity index (χ0n) is 7.96. The molecule has 2 aromatic heterocycles. The molecule has 0 spiro atoms. The highest BCUT2D eigenvalue weighted by Gasteiger charge is 2.01. The number of hydrogen-bond donors (Lipinski definition) is 0. The molecule has 0 atom stereocenters. The van der Waals surface area contributed by atoms with Gasteiger partial charge in [-0.25, -0.2) is 0 Å². The fraction of sp³-hybridized carbons (Fsp3) is 0.200. The van der Waals surface area contributed by atoms with Crippen molar-refractivity contribution in [3.05, 3.63) is 36.9 Å². The molecular weight excluding hydrogens is 176 g/mol. The Bertz CT molecular complexity index is 396. The maximum Gasteiger partial charge on any atom is 0.196 e. The Kier molecular flexibility index (Phi) is 2.44. The van der Waals surface area contributed by atoms with Crippen LogP contribution in [0.3, 0.4) is 0 Å². The van der Waals surface area contributed by atoms with Crippen molar-refractivity contribution in [1.29, 1.82) is 0 Å². The normalized spacial score (nSPS) is 10.1. The van der Waals surface area contributed by atoms with E-state index >= 15 is 0 Å². The molecule has 0 fully saturated rings. The molecule has 0 aliphatic heterocycles. The van der Waals surface area contributed by atoms with Gasteiger partial charge in [0, 0.05) is 17.2 Å². The van der Waals surface area contributed by atoms with Crippen molar-refractivity contribution in [3.8, 4) is 11.1 Å². The lowest BCUT2D eigenvalue weighted by atomic mass is 10.1. The highest BCUT2D eigenvalue weighted by molar-refractivity contribution is 5.59. The molecule has 14 heavy (non-hydrogen) atoms. The van der Waals surface area contributed by atoms with Gasteiger partial charge in [0.15, 0.2) is 12.7 Å². The zero-order chi connectivity index (χ0) is 9.80. The second-order valence-electron chi connectivity index (χ2n) is 2.90. The van der Waals surface area contributed by atoms with Crippen LogP contribution in [0.15, 0.2) is 36.9 Å². The standard InChI is InChI=1S/C10H11N4/c1-2-14-6-4-10(8-13-14)9-3-5-11-12-7-9/h3-8H,2H2,1H3/q+1. The summed E-state index contributed by atoms with van der Waals surface area (Å²) >= 11 is 0. The molecular formula is C10H11N4+. The molecule has 0 N–H and O–H groups in total. The topological polar surface area (TPSA) is 42.5 Å². The summed E-state index contributed by atoms with van der Waals surface area (Å²) in [5.41, 5.74) is 2.10. The first kappa shape index (κ1) is 8.74. The summed E-state index contributed by atoms with van der Waals surface area (Å²) in [4.78, 5) is 0. The van der Waals surface area contributed by atoms with E-state index in [4.69, 9.17) is 0 Å². The van der Waals surface area contributed by atoms with E-state index in [1.54, 1.807) is 12.4 Å². The van der Waals surface area contributed by atoms with Gasteiger partial charge >= 0.3 is 0 Å². The molecule has 2 heterocycles. The smallest absolute Gasteiger partial charge is 0.159 e. The van der Waals surface area contributed by atoms with Crippen LogP contribution in [-0.2, 0) is 6.54 Å². The minimum atomic E-state index is 0.884. The lowest BCUT2D eigenvalue weighted by Gasteiger charge is -1.96. The van der Waals surface area contributed by atoms with Crippen molar-refractivity contribution < 1.29 is 4.68 Å². The Morgan fingerprint density at radius 2 is 2.00 bits per heavy atom. The van der Waals surface area contributed by atoms with Gasteiger partial charge in [-0.15, -0.1) is 0 Å². The first-order chi connectivity index (χ1) is 6.90. The van der Waals surface area contributed by atoms with Crippen molar-refractivity contribution in [2.24, 2.45) is 0 Å². The van der Waals surface area contributed by atoms with E-state index < -0.39 is 0 Å². The molecule has 0 amide bonds. The van der Waals surface area contributed by atoms with E-state index in [1.807, 2.05) is 29.2 Å². The molecule has 0 aliphatic rings. The van der Waals surface area contributed by atoms with Crippen LogP contribution < -0.4 is 4.68 Å². The molecule has 0 unspecified atom stereocenters. The quantitative estimate of drug-likeness (QED) is 0.654. The number of rotatable bonds is 2. The molecule has 0 saturated heterocycles. The molecule has 4 heteroatoms.